The van der Waals surface area contributed by atoms with Crippen molar-refractivity contribution in [2.45, 2.75) is 64.5 Å². The molecule has 28 heavy (non-hydrogen) atoms. The zero-order chi connectivity index (χ0) is 19.6. The van der Waals surface area contributed by atoms with Crippen LogP contribution in [0.5, 0.6) is 0 Å². The van der Waals surface area contributed by atoms with E-state index in [0.717, 1.165) is 57.2 Å². The number of amides is 2. The Balaban J connectivity index is 1.60. The van der Waals surface area contributed by atoms with Crippen LogP contribution in [0.4, 0.5) is 0 Å². The van der Waals surface area contributed by atoms with Gasteiger partial charge in [-0.15, -0.1) is 0 Å². The number of likely N-dealkylation sites (tertiary alicyclic amines) is 2. The van der Waals surface area contributed by atoms with Crippen LogP contribution in [0.15, 0.2) is 12.4 Å². The van der Waals surface area contributed by atoms with Crippen LogP contribution in [-0.2, 0) is 20.9 Å². The minimum absolute atomic E-state index is 0.00373. The van der Waals surface area contributed by atoms with E-state index in [1.165, 1.54) is 6.42 Å². The highest BCUT2D eigenvalue weighted by Gasteiger charge is 2.51. The number of ether oxygens (including phenoxy) is 1. The molecule has 0 aliphatic carbocycles. The molecule has 7 heteroatoms. The second-order valence-electron chi connectivity index (χ2n) is 8.67. The molecule has 7 nitrogen and oxygen atoms in total. The molecule has 2 amide bonds. The number of piperidine rings is 2. The SMILES string of the molecule is Cc1cnn(CC(=O)N2CCCC3(CCOCC3)C2C(=O)N2CCCCC2)c1. The molecule has 0 bridgehead atoms. The predicted octanol–water partition coefficient (Wildman–Crippen LogP) is 1.99. The Morgan fingerprint density at radius 1 is 1.11 bits per heavy atom. The molecule has 0 saturated carbocycles. The Morgan fingerprint density at radius 2 is 1.86 bits per heavy atom. The Morgan fingerprint density at radius 3 is 2.54 bits per heavy atom. The molecular weight excluding hydrogens is 356 g/mol. The summed E-state index contributed by atoms with van der Waals surface area (Å²) in [4.78, 5) is 30.8. The first kappa shape index (κ1) is 19.4. The number of nitrogens with zero attached hydrogens (tertiary/aromatic N) is 4. The minimum Gasteiger partial charge on any atom is -0.381 e. The van der Waals surface area contributed by atoms with E-state index in [2.05, 4.69) is 5.10 Å². The van der Waals surface area contributed by atoms with Gasteiger partial charge in [-0.3, -0.25) is 14.3 Å². The summed E-state index contributed by atoms with van der Waals surface area (Å²) in [5.74, 6) is 0.162. The Kier molecular flexibility index (Phi) is 5.71. The van der Waals surface area contributed by atoms with Crippen molar-refractivity contribution in [2.24, 2.45) is 5.41 Å². The average Bonchev–Trinajstić information content (AvgIpc) is 3.13. The summed E-state index contributed by atoms with van der Waals surface area (Å²) in [7, 11) is 0. The lowest BCUT2D eigenvalue weighted by Gasteiger charge is -2.52. The molecule has 4 heterocycles. The molecule has 3 fully saturated rings. The van der Waals surface area contributed by atoms with E-state index in [0.29, 0.717) is 19.8 Å². The maximum Gasteiger partial charge on any atom is 0.245 e. The lowest BCUT2D eigenvalue weighted by Crippen LogP contribution is -2.63. The summed E-state index contributed by atoms with van der Waals surface area (Å²) in [6, 6.07) is -0.354. The van der Waals surface area contributed by atoms with E-state index in [1.54, 1.807) is 10.9 Å². The van der Waals surface area contributed by atoms with Crippen LogP contribution in [0.1, 0.15) is 50.5 Å². The number of aryl methyl sites for hydroxylation is 1. The standard InChI is InChI=1S/C21H32N4O3/c1-17-14-22-24(15-17)16-18(26)25-11-5-6-21(7-12-28-13-8-21)19(25)20(27)23-9-3-2-4-10-23/h14-15,19H,2-13,16H2,1H3. The first-order valence-corrected chi connectivity index (χ1v) is 10.7. The molecule has 0 aromatic carbocycles. The van der Waals surface area contributed by atoms with Crippen molar-refractivity contribution in [3.05, 3.63) is 18.0 Å². The third-order valence-corrected chi connectivity index (χ3v) is 6.74. The fraction of sp³-hybridized carbons (Fsp3) is 0.762. The summed E-state index contributed by atoms with van der Waals surface area (Å²) in [5, 5.41) is 4.27. The highest BCUT2D eigenvalue weighted by atomic mass is 16.5. The van der Waals surface area contributed by atoms with E-state index in [-0.39, 0.29) is 29.8 Å². The maximum atomic E-state index is 13.7. The fourth-order valence-electron chi connectivity index (χ4n) is 5.23. The van der Waals surface area contributed by atoms with Gasteiger partial charge in [-0.05, 0) is 57.4 Å². The summed E-state index contributed by atoms with van der Waals surface area (Å²) in [6.45, 7) is 5.84. The van der Waals surface area contributed by atoms with Crippen LogP contribution >= 0.6 is 0 Å². The van der Waals surface area contributed by atoms with Gasteiger partial charge in [0.2, 0.25) is 11.8 Å². The third-order valence-electron chi connectivity index (χ3n) is 6.74. The smallest absolute Gasteiger partial charge is 0.245 e. The van der Waals surface area contributed by atoms with Crippen LogP contribution in [0, 0.1) is 12.3 Å². The molecule has 154 valence electrons. The molecule has 1 unspecified atom stereocenters. The van der Waals surface area contributed by atoms with Gasteiger partial charge in [0.15, 0.2) is 0 Å². The Labute approximate surface area is 167 Å². The van der Waals surface area contributed by atoms with Crippen LogP contribution in [0.25, 0.3) is 0 Å². The van der Waals surface area contributed by atoms with Crippen molar-refractivity contribution >= 4 is 11.8 Å². The second-order valence-corrected chi connectivity index (χ2v) is 8.67. The Hall–Kier alpha value is -1.89. The highest BCUT2D eigenvalue weighted by molar-refractivity contribution is 5.89. The van der Waals surface area contributed by atoms with Crippen LogP contribution in [0.2, 0.25) is 0 Å². The zero-order valence-corrected chi connectivity index (χ0v) is 16.9. The van der Waals surface area contributed by atoms with Gasteiger partial charge in [-0.25, -0.2) is 0 Å². The van der Waals surface area contributed by atoms with Gasteiger partial charge >= 0.3 is 0 Å². The Bertz CT molecular complexity index is 699. The molecule has 1 aromatic heterocycles. The van der Waals surface area contributed by atoms with Crippen molar-refractivity contribution in [3.63, 3.8) is 0 Å². The van der Waals surface area contributed by atoms with Gasteiger partial charge < -0.3 is 14.5 Å². The van der Waals surface area contributed by atoms with Crippen molar-refractivity contribution in [1.29, 1.82) is 0 Å². The highest BCUT2D eigenvalue weighted by Crippen LogP contribution is 2.45. The van der Waals surface area contributed by atoms with Crippen molar-refractivity contribution in [3.8, 4) is 0 Å². The lowest BCUT2D eigenvalue weighted by atomic mass is 9.67. The van der Waals surface area contributed by atoms with Gasteiger partial charge in [0.25, 0.3) is 0 Å². The predicted molar refractivity (Wildman–Crippen MR) is 105 cm³/mol. The van der Waals surface area contributed by atoms with E-state index < -0.39 is 0 Å². The monoisotopic (exact) mass is 388 g/mol. The van der Waals surface area contributed by atoms with Gasteiger partial charge in [0.05, 0.1) is 6.20 Å². The van der Waals surface area contributed by atoms with E-state index in [9.17, 15) is 9.59 Å². The average molecular weight is 389 g/mol. The number of aromatic nitrogens is 2. The van der Waals surface area contributed by atoms with Gasteiger partial charge in [0.1, 0.15) is 12.6 Å². The van der Waals surface area contributed by atoms with E-state index in [1.807, 2.05) is 22.9 Å². The number of hydrogen-bond donors (Lipinski definition) is 0. The molecule has 1 spiro atoms. The topological polar surface area (TPSA) is 67.7 Å². The molecule has 1 aromatic rings. The van der Waals surface area contributed by atoms with E-state index in [4.69, 9.17) is 4.74 Å². The number of carbonyl (C=O) groups excluding carboxylic acids is 2. The summed E-state index contributed by atoms with van der Waals surface area (Å²) >= 11 is 0. The van der Waals surface area contributed by atoms with Crippen molar-refractivity contribution in [2.75, 3.05) is 32.8 Å². The minimum atomic E-state index is -0.354. The zero-order valence-electron chi connectivity index (χ0n) is 16.9. The quantitative estimate of drug-likeness (QED) is 0.794. The van der Waals surface area contributed by atoms with Crippen LogP contribution in [0.3, 0.4) is 0 Å². The third kappa shape index (κ3) is 3.81. The molecule has 1 atom stereocenters. The van der Waals surface area contributed by atoms with Gasteiger partial charge in [-0.1, -0.05) is 0 Å². The number of carbonyl (C=O) groups is 2. The van der Waals surface area contributed by atoms with Gasteiger partial charge in [-0.2, -0.15) is 5.10 Å². The lowest BCUT2D eigenvalue weighted by molar-refractivity contribution is -0.162. The molecule has 0 radical (unpaired) electrons. The maximum absolute atomic E-state index is 13.7. The van der Waals surface area contributed by atoms with Crippen molar-refractivity contribution in [1.82, 2.24) is 19.6 Å². The molecule has 0 N–H and O–H groups in total. The summed E-state index contributed by atoms with van der Waals surface area (Å²) in [5.41, 5.74) is 0.897. The largest absolute Gasteiger partial charge is 0.381 e. The normalized spacial score (nSPS) is 25.1. The molecule has 4 rings (SSSR count). The van der Waals surface area contributed by atoms with Crippen LogP contribution in [-0.4, -0.2) is 70.3 Å². The first-order valence-electron chi connectivity index (χ1n) is 10.7. The van der Waals surface area contributed by atoms with Crippen molar-refractivity contribution < 1.29 is 14.3 Å². The summed E-state index contributed by atoms with van der Waals surface area (Å²) in [6.07, 6.45) is 10.6. The number of rotatable bonds is 3. The molecule has 3 aliphatic heterocycles. The molecule has 3 aliphatic rings. The first-order chi connectivity index (χ1) is 13.6. The summed E-state index contributed by atoms with van der Waals surface area (Å²) < 4.78 is 7.31. The fourth-order valence-corrected chi connectivity index (χ4v) is 5.23. The van der Waals surface area contributed by atoms with Gasteiger partial charge in [0, 0.05) is 44.5 Å². The number of hydrogen-bond acceptors (Lipinski definition) is 4. The second kappa shape index (κ2) is 8.23. The molecular formula is C21H32N4O3. The molecule has 3 saturated heterocycles. The van der Waals surface area contributed by atoms with Crippen LogP contribution < -0.4 is 0 Å². The van der Waals surface area contributed by atoms with E-state index >= 15 is 0 Å².